The molecule has 11 nitrogen and oxygen atoms in total. The molecular weight excluding hydrogens is 403 g/mol. The highest BCUT2D eigenvalue weighted by molar-refractivity contribution is 7.53. The lowest BCUT2D eigenvalue weighted by molar-refractivity contribution is -0.142. The molecule has 0 spiro atoms. The number of hydrogen-bond acceptors (Lipinski definition) is 11. The van der Waals surface area contributed by atoms with Gasteiger partial charge in [0.15, 0.2) is 0 Å². The van der Waals surface area contributed by atoms with E-state index in [9.17, 15) is 9.36 Å². The molecule has 0 radical (unpaired) electrons. The number of ether oxygens (including phenoxy) is 3. The molecule has 1 aromatic rings. The molecule has 0 atom stereocenters. The lowest BCUT2D eigenvalue weighted by atomic mass is 10.2. The highest BCUT2D eigenvalue weighted by Crippen LogP contribution is 2.50. The summed E-state index contributed by atoms with van der Waals surface area (Å²) in [6.07, 6.45) is -0.944. The number of anilines is 2. The fourth-order valence-electron chi connectivity index (χ4n) is 2.24. The third-order valence-corrected chi connectivity index (χ3v) is 5.09. The van der Waals surface area contributed by atoms with Gasteiger partial charge in [0.25, 0.3) is 0 Å². The maximum absolute atomic E-state index is 12.7. The second kappa shape index (κ2) is 11.9. The molecule has 0 aromatic carbocycles. The van der Waals surface area contributed by atoms with Crippen LogP contribution in [0.4, 0.5) is 11.8 Å². The Labute approximate surface area is 170 Å². The van der Waals surface area contributed by atoms with Crippen LogP contribution in [-0.2, 0) is 34.3 Å². The highest BCUT2D eigenvalue weighted by Gasteiger charge is 2.28. The monoisotopic (exact) mass is 434 g/mol. The zero-order chi connectivity index (χ0) is 22.0. The van der Waals surface area contributed by atoms with Gasteiger partial charge in [0, 0.05) is 0 Å². The van der Waals surface area contributed by atoms with E-state index >= 15 is 0 Å². The summed E-state index contributed by atoms with van der Waals surface area (Å²) in [6, 6.07) is 0. The predicted octanol–water partition coefficient (Wildman–Crippen LogP) is 2.14. The van der Waals surface area contributed by atoms with E-state index in [4.69, 9.17) is 34.7 Å². The van der Waals surface area contributed by atoms with E-state index in [2.05, 4.69) is 9.97 Å². The molecule has 0 aliphatic heterocycles. The summed E-state index contributed by atoms with van der Waals surface area (Å²) < 4.78 is 39.3. The average Bonchev–Trinajstić information content (AvgIpc) is 2.56. The van der Waals surface area contributed by atoms with Gasteiger partial charge in [0.2, 0.25) is 11.8 Å². The first-order valence-corrected chi connectivity index (χ1v) is 11.0. The molecule has 1 rings (SSSR count). The number of carbonyl (C=O) groups is 1. The van der Waals surface area contributed by atoms with Crippen molar-refractivity contribution in [2.45, 2.75) is 53.2 Å². The van der Waals surface area contributed by atoms with E-state index in [0.29, 0.717) is 0 Å². The van der Waals surface area contributed by atoms with Crippen molar-refractivity contribution in [3.05, 3.63) is 5.56 Å². The van der Waals surface area contributed by atoms with Gasteiger partial charge in [-0.2, -0.15) is 9.97 Å². The van der Waals surface area contributed by atoms with E-state index in [1.807, 2.05) is 0 Å². The summed E-state index contributed by atoms with van der Waals surface area (Å²) in [7, 11) is -3.40. The number of nitrogen functional groups attached to an aromatic ring is 2. The minimum atomic E-state index is -3.40. The average molecular weight is 434 g/mol. The Bertz CT molecular complexity index is 701. The van der Waals surface area contributed by atoms with Crippen molar-refractivity contribution in [2.24, 2.45) is 0 Å². The van der Waals surface area contributed by atoms with Crippen molar-refractivity contribution in [1.82, 2.24) is 9.97 Å². The topological polar surface area (TPSA) is 158 Å². The molecule has 1 aromatic heterocycles. The van der Waals surface area contributed by atoms with Crippen molar-refractivity contribution < 1.29 is 32.6 Å². The molecule has 0 unspecified atom stereocenters. The van der Waals surface area contributed by atoms with Gasteiger partial charge in [0.1, 0.15) is 18.8 Å². The number of aromatic nitrogens is 2. The lowest BCUT2D eigenvalue weighted by Gasteiger charge is -2.22. The van der Waals surface area contributed by atoms with E-state index in [1.165, 1.54) is 0 Å². The summed E-state index contributed by atoms with van der Waals surface area (Å²) >= 11 is 0. The molecule has 1 heterocycles. The minimum absolute atomic E-state index is 0.0293. The largest absolute Gasteiger partial charge is 0.475 e. The van der Waals surface area contributed by atoms with Crippen LogP contribution in [0.3, 0.4) is 0 Å². The van der Waals surface area contributed by atoms with Gasteiger partial charge in [0.05, 0.1) is 37.4 Å². The fraction of sp³-hybridized carbons (Fsp3) is 0.706. The summed E-state index contributed by atoms with van der Waals surface area (Å²) in [5.74, 6) is -0.495. The number of esters is 1. The Balaban J connectivity index is 2.67. The van der Waals surface area contributed by atoms with Crippen molar-refractivity contribution in [1.29, 1.82) is 0 Å². The van der Waals surface area contributed by atoms with Crippen LogP contribution in [0.15, 0.2) is 0 Å². The van der Waals surface area contributed by atoms with E-state index < -0.39 is 13.6 Å². The molecule has 166 valence electrons. The second-order valence-corrected chi connectivity index (χ2v) is 8.44. The van der Waals surface area contributed by atoms with Crippen molar-refractivity contribution in [2.75, 3.05) is 37.6 Å². The number of nitrogens with two attached hydrogens (primary N) is 2. The molecule has 0 aliphatic carbocycles. The number of hydrogen-bond donors (Lipinski definition) is 2. The quantitative estimate of drug-likeness (QED) is 0.266. The van der Waals surface area contributed by atoms with E-state index in [-0.39, 0.29) is 68.0 Å². The normalized spacial score (nSPS) is 11.8. The van der Waals surface area contributed by atoms with Crippen LogP contribution in [0.25, 0.3) is 0 Å². The second-order valence-electron chi connectivity index (χ2n) is 6.54. The number of carbonyl (C=O) groups excluding carboxylic acids is 1. The smallest absolute Gasteiger partial charge is 0.356 e. The van der Waals surface area contributed by atoms with Crippen LogP contribution in [0.1, 0.15) is 40.2 Å². The molecule has 4 N–H and O–H groups in total. The summed E-state index contributed by atoms with van der Waals surface area (Å²) in [4.78, 5) is 19.6. The van der Waals surface area contributed by atoms with Gasteiger partial charge in [-0.1, -0.05) is 0 Å². The maximum atomic E-state index is 12.7. The first kappa shape index (κ1) is 25.1. The van der Waals surface area contributed by atoms with Gasteiger partial charge < -0.3 is 34.7 Å². The van der Waals surface area contributed by atoms with Crippen LogP contribution >= 0.6 is 7.60 Å². The molecule has 29 heavy (non-hydrogen) atoms. The number of nitrogens with zero attached hydrogens (tertiary/aromatic N) is 2. The third-order valence-electron chi connectivity index (χ3n) is 3.10. The molecule has 12 heteroatoms. The third kappa shape index (κ3) is 9.40. The summed E-state index contributed by atoms with van der Waals surface area (Å²) in [6.45, 7) is 9.06. The SMILES string of the molecule is CCOC(=O)Cc1c(N)nc(N)nc1OCCOCP(=O)(OC(C)C)OC(C)C. The Hall–Kier alpha value is -1.94. The number of rotatable bonds is 13. The first-order valence-electron chi connectivity index (χ1n) is 9.30. The predicted molar refractivity (Wildman–Crippen MR) is 108 cm³/mol. The Kier molecular flexibility index (Phi) is 10.3. The van der Waals surface area contributed by atoms with Gasteiger partial charge >= 0.3 is 13.6 Å². The zero-order valence-corrected chi connectivity index (χ0v) is 18.4. The van der Waals surface area contributed by atoms with Crippen LogP contribution < -0.4 is 16.2 Å². The Morgan fingerprint density at radius 3 is 2.24 bits per heavy atom. The molecule has 0 bridgehead atoms. The van der Waals surface area contributed by atoms with Crippen LogP contribution in [0.5, 0.6) is 5.88 Å². The Morgan fingerprint density at radius 1 is 1.07 bits per heavy atom. The summed E-state index contributed by atoms with van der Waals surface area (Å²) in [5.41, 5.74) is 11.7. The van der Waals surface area contributed by atoms with E-state index in [0.717, 1.165) is 0 Å². The van der Waals surface area contributed by atoms with Crippen molar-refractivity contribution in [3.8, 4) is 5.88 Å². The molecular formula is C17H31N4O7P. The maximum Gasteiger partial charge on any atom is 0.356 e. The Morgan fingerprint density at radius 2 is 1.69 bits per heavy atom. The van der Waals surface area contributed by atoms with Gasteiger partial charge in [-0.3, -0.25) is 9.36 Å². The standard InChI is InChI=1S/C17H31N4O7P/c1-6-25-14(22)9-13-15(18)20-17(19)21-16(13)26-8-7-24-10-29(23,27-11(2)3)28-12(4)5/h11-12H,6-10H2,1-5H3,(H4,18,19,20,21). The van der Waals surface area contributed by atoms with Crippen LogP contribution in [0, 0.1) is 0 Å². The van der Waals surface area contributed by atoms with Gasteiger partial charge in [-0.15, -0.1) is 0 Å². The van der Waals surface area contributed by atoms with Gasteiger partial charge in [-0.05, 0) is 34.6 Å². The zero-order valence-electron chi connectivity index (χ0n) is 17.5. The molecule has 0 aliphatic rings. The first-order chi connectivity index (χ1) is 13.6. The highest BCUT2D eigenvalue weighted by atomic mass is 31.2. The molecule has 0 saturated heterocycles. The minimum Gasteiger partial charge on any atom is -0.475 e. The van der Waals surface area contributed by atoms with E-state index in [1.54, 1.807) is 34.6 Å². The summed E-state index contributed by atoms with van der Waals surface area (Å²) in [5, 5.41) is 0. The molecule has 0 saturated carbocycles. The lowest BCUT2D eigenvalue weighted by Crippen LogP contribution is -2.17. The van der Waals surface area contributed by atoms with Crippen molar-refractivity contribution >= 4 is 25.3 Å². The molecule has 0 amide bonds. The van der Waals surface area contributed by atoms with Crippen LogP contribution in [-0.4, -0.2) is 54.3 Å². The fourth-order valence-corrected chi connectivity index (χ4v) is 4.05. The van der Waals surface area contributed by atoms with Crippen molar-refractivity contribution in [3.63, 3.8) is 0 Å². The molecule has 0 fully saturated rings. The van der Waals surface area contributed by atoms with Gasteiger partial charge in [-0.25, -0.2) is 0 Å². The van der Waals surface area contributed by atoms with Crippen LogP contribution in [0.2, 0.25) is 0 Å².